The number of hydrogen-bond donors (Lipinski definition) is 3. The molecule has 2 aromatic rings. The van der Waals surface area contributed by atoms with Crippen LogP contribution in [0.1, 0.15) is 29.7 Å². The van der Waals surface area contributed by atoms with Crippen molar-refractivity contribution in [3.63, 3.8) is 0 Å². The van der Waals surface area contributed by atoms with Gasteiger partial charge in [0.25, 0.3) is 5.91 Å². The summed E-state index contributed by atoms with van der Waals surface area (Å²) >= 11 is 0. The molecule has 0 unspecified atom stereocenters. The van der Waals surface area contributed by atoms with E-state index in [-0.39, 0.29) is 0 Å². The molecule has 2 rings (SSSR count). The summed E-state index contributed by atoms with van der Waals surface area (Å²) in [5.74, 6) is -0.398. The molecule has 0 aliphatic heterocycles. The zero-order valence-corrected chi connectivity index (χ0v) is 14.2. The Hall–Kier alpha value is -2.82. The monoisotopic (exact) mass is 325 g/mol. The maximum Gasteiger partial charge on any atom is 0.321 e. The van der Waals surface area contributed by atoms with Crippen LogP contribution in [0.3, 0.4) is 0 Å². The predicted molar refractivity (Wildman–Crippen MR) is 95.9 cm³/mol. The number of anilines is 1. The summed E-state index contributed by atoms with van der Waals surface area (Å²) in [5.41, 5.74) is 3.94. The van der Waals surface area contributed by atoms with Gasteiger partial charge in [0.15, 0.2) is 0 Å². The van der Waals surface area contributed by atoms with E-state index in [9.17, 15) is 9.59 Å². The van der Waals surface area contributed by atoms with Crippen LogP contribution in [0.4, 0.5) is 10.5 Å². The fraction of sp³-hybridized carbons (Fsp3) is 0.263. The summed E-state index contributed by atoms with van der Waals surface area (Å²) in [7, 11) is 0. The number of rotatable bonds is 5. The first-order chi connectivity index (χ1) is 11.5. The standard InChI is InChI=1S/C19H23N3O2/c1-4-20-19(24)22-18(23)17(15-8-6-5-7-9-15)21-16-11-10-13(2)14(3)12-16/h5-12,17,21H,4H2,1-3H3,(H2,20,22,23,24)/t17-/m1/s1. The predicted octanol–water partition coefficient (Wildman–Crippen LogP) is 3.30. The molecule has 0 spiro atoms. The molecule has 0 aromatic heterocycles. The summed E-state index contributed by atoms with van der Waals surface area (Å²) in [6, 6.07) is 14.1. The lowest BCUT2D eigenvalue weighted by Gasteiger charge is -2.20. The molecule has 3 amide bonds. The zero-order valence-electron chi connectivity index (χ0n) is 14.2. The van der Waals surface area contributed by atoms with Crippen LogP contribution in [-0.4, -0.2) is 18.5 Å². The summed E-state index contributed by atoms with van der Waals surface area (Å²) in [6.45, 7) is 6.31. The minimum atomic E-state index is -0.657. The smallest absolute Gasteiger partial charge is 0.321 e. The number of carbonyl (C=O) groups excluding carboxylic acids is 2. The van der Waals surface area contributed by atoms with E-state index in [4.69, 9.17) is 0 Å². The number of urea groups is 1. The van der Waals surface area contributed by atoms with Gasteiger partial charge in [0.05, 0.1) is 0 Å². The molecule has 0 heterocycles. The summed E-state index contributed by atoms with van der Waals surface area (Å²) in [5, 5.41) is 8.16. The fourth-order valence-electron chi connectivity index (χ4n) is 2.33. The summed E-state index contributed by atoms with van der Waals surface area (Å²) in [6.07, 6.45) is 0. The molecule has 0 aliphatic rings. The lowest BCUT2D eigenvalue weighted by atomic mass is 10.0. The third kappa shape index (κ3) is 4.59. The molecular weight excluding hydrogens is 302 g/mol. The van der Waals surface area contributed by atoms with Crippen molar-refractivity contribution in [2.24, 2.45) is 0 Å². The SMILES string of the molecule is CCNC(=O)NC(=O)[C@H](Nc1ccc(C)c(C)c1)c1ccccc1. The van der Waals surface area contributed by atoms with Crippen LogP contribution in [0.5, 0.6) is 0 Å². The molecule has 0 bridgehead atoms. The van der Waals surface area contributed by atoms with Crippen molar-refractivity contribution < 1.29 is 9.59 Å². The van der Waals surface area contributed by atoms with Crippen LogP contribution in [0.2, 0.25) is 0 Å². The molecule has 2 aromatic carbocycles. The van der Waals surface area contributed by atoms with Gasteiger partial charge in [-0.2, -0.15) is 0 Å². The Bertz CT molecular complexity index is 714. The normalized spacial score (nSPS) is 11.5. The quantitative estimate of drug-likeness (QED) is 0.790. The highest BCUT2D eigenvalue weighted by molar-refractivity contribution is 5.98. The minimum Gasteiger partial charge on any atom is -0.370 e. The number of imide groups is 1. The molecule has 5 heteroatoms. The van der Waals surface area contributed by atoms with Crippen molar-refractivity contribution in [3.8, 4) is 0 Å². The first-order valence-corrected chi connectivity index (χ1v) is 7.98. The Morgan fingerprint density at radius 1 is 1.00 bits per heavy atom. The molecule has 3 N–H and O–H groups in total. The summed E-state index contributed by atoms with van der Waals surface area (Å²) in [4.78, 5) is 24.2. The van der Waals surface area contributed by atoms with Crippen molar-refractivity contribution in [1.29, 1.82) is 0 Å². The van der Waals surface area contributed by atoms with Gasteiger partial charge in [-0.25, -0.2) is 4.79 Å². The van der Waals surface area contributed by atoms with E-state index in [0.29, 0.717) is 6.54 Å². The Morgan fingerprint density at radius 2 is 1.71 bits per heavy atom. The van der Waals surface area contributed by atoms with E-state index in [1.807, 2.05) is 62.4 Å². The maximum atomic E-state index is 12.6. The molecule has 0 aliphatic carbocycles. The van der Waals surface area contributed by atoms with E-state index in [1.54, 1.807) is 6.92 Å². The average molecular weight is 325 g/mol. The van der Waals surface area contributed by atoms with Crippen molar-refractivity contribution in [2.45, 2.75) is 26.8 Å². The van der Waals surface area contributed by atoms with Crippen LogP contribution in [0, 0.1) is 13.8 Å². The highest BCUT2D eigenvalue weighted by Gasteiger charge is 2.22. The minimum absolute atomic E-state index is 0.398. The van der Waals surface area contributed by atoms with Crippen LogP contribution in [0.15, 0.2) is 48.5 Å². The van der Waals surface area contributed by atoms with Gasteiger partial charge in [0, 0.05) is 12.2 Å². The van der Waals surface area contributed by atoms with Crippen LogP contribution in [0.25, 0.3) is 0 Å². The highest BCUT2D eigenvalue weighted by atomic mass is 16.2. The van der Waals surface area contributed by atoms with E-state index < -0.39 is 18.0 Å². The van der Waals surface area contributed by atoms with Gasteiger partial charge < -0.3 is 10.6 Å². The number of hydrogen-bond acceptors (Lipinski definition) is 3. The van der Waals surface area contributed by atoms with Gasteiger partial charge in [0.2, 0.25) is 0 Å². The van der Waals surface area contributed by atoms with Gasteiger partial charge >= 0.3 is 6.03 Å². The van der Waals surface area contributed by atoms with Crippen molar-refractivity contribution >= 4 is 17.6 Å². The van der Waals surface area contributed by atoms with Gasteiger partial charge in [-0.3, -0.25) is 10.1 Å². The lowest BCUT2D eigenvalue weighted by molar-refractivity contribution is -0.120. The van der Waals surface area contributed by atoms with Crippen molar-refractivity contribution in [2.75, 3.05) is 11.9 Å². The summed E-state index contributed by atoms with van der Waals surface area (Å²) < 4.78 is 0. The number of carbonyl (C=O) groups is 2. The molecule has 126 valence electrons. The van der Waals surface area contributed by atoms with E-state index in [0.717, 1.165) is 16.8 Å². The van der Waals surface area contributed by atoms with Gasteiger partial charge in [-0.1, -0.05) is 36.4 Å². The highest BCUT2D eigenvalue weighted by Crippen LogP contribution is 2.22. The Labute approximate surface area is 142 Å². The molecule has 0 saturated heterocycles. The second-order valence-corrected chi connectivity index (χ2v) is 5.64. The number of aryl methyl sites for hydroxylation is 2. The number of benzene rings is 2. The largest absolute Gasteiger partial charge is 0.370 e. The zero-order chi connectivity index (χ0) is 17.5. The van der Waals surface area contributed by atoms with E-state index in [1.165, 1.54) is 5.56 Å². The molecule has 0 radical (unpaired) electrons. The molecule has 0 saturated carbocycles. The topological polar surface area (TPSA) is 70.2 Å². The van der Waals surface area contributed by atoms with E-state index in [2.05, 4.69) is 16.0 Å². The van der Waals surface area contributed by atoms with E-state index >= 15 is 0 Å². The van der Waals surface area contributed by atoms with Gasteiger partial charge in [-0.15, -0.1) is 0 Å². The Balaban J connectivity index is 2.24. The van der Waals surface area contributed by atoms with Crippen LogP contribution >= 0.6 is 0 Å². The molecule has 0 fully saturated rings. The first-order valence-electron chi connectivity index (χ1n) is 7.98. The van der Waals surface area contributed by atoms with Crippen LogP contribution < -0.4 is 16.0 Å². The third-order valence-corrected chi connectivity index (χ3v) is 3.79. The molecule has 1 atom stereocenters. The Morgan fingerprint density at radius 3 is 2.33 bits per heavy atom. The average Bonchev–Trinajstić information content (AvgIpc) is 2.56. The fourth-order valence-corrected chi connectivity index (χ4v) is 2.33. The molecule has 24 heavy (non-hydrogen) atoms. The van der Waals surface area contributed by atoms with Crippen molar-refractivity contribution in [3.05, 3.63) is 65.2 Å². The second kappa shape index (κ2) is 8.15. The van der Waals surface area contributed by atoms with Gasteiger partial charge in [-0.05, 0) is 49.6 Å². The van der Waals surface area contributed by atoms with Gasteiger partial charge in [0.1, 0.15) is 6.04 Å². The number of nitrogens with one attached hydrogen (secondary N) is 3. The molecule has 5 nitrogen and oxygen atoms in total. The third-order valence-electron chi connectivity index (χ3n) is 3.79. The van der Waals surface area contributed by atoms with Crippen molar-refractivity contribution in [1.82, 2.24) is 10.6 Å². The number of amides is 3. The van der Waals surface area contributed by atoms with Crippen LogP contribution in [-0.2, 0) is 4.79 Å². The second-order valence-electron chi connectivity index (χ2n) is 5.64. The molecular formula is C19H23N3O2. The lowest BCUT2D eigenvalue weighted by Crippen LogP contribution is -2.43. The maximum absolute atomic E-state index is 12.6. The first kappa shape index (κ1) is 17.5. The Kier molecular flexibility index (Phi) is 5.95.